The minimum atomic E-state index is -0.474. The van der Waals surface area contributed by atoms with Crippen molar-refractivity contribution in [3.05, 3.63) is 0 Å². The Balaban J connectivity index is 2.68. The molecule has 16 heavy (non-hydrogen) atoms. The molecule has 0 bridgehead atoms. The van der Waals surface area contributed by atoms with Gasteiger partial charge in [0.2, 0.25) is 5.91 Å². The lowest BCUT2D eigenvalue weighted by molar-refractivity contribution is -0.151. The predicted molar refractivity (Wildman–Crippen MR) is 63.1 cm³/mol. The topological polar surface area (TPSA) is 72.6 Å². The van der Waals surface area contributed by atoms with E-state index in [1.165, 1.54) is 7.11 Å². The molecule has 0 aromatic heterocycles. The number of ether oxygens (including phenoxy) is 1. The van der Waals surface area contributed by atoms with Gasteiger partial charge in [0.25, 0.3) is 0 Å². The van der Waals surface area contributed by atoms with Gasteiger partial charge in [0.15, 0.2) is 0 Å². The first-order chi connectivity index (χ1) is 7.60. The van der Waals surface area contributed by atoms with E-state index in [0.717, 1.165) is 5.75 Å². The van der Waals surface area contributed by atoms with E-state index in [0.29, 0.717) is 19.4 Å². The molecule has 92 valence electrons. The molecule has 5 nitrogen and oxygen atoms in total. The van der Waals surface area contributed by atoms with Gasteiger partial charge in [-0.1, -0.05) is 0 Å². The van der Waals surface area contributed by atoms with Crippen LogP contribution in [0, 0.1) is 0 Å². The number of amides is 1. The van der Waals surface area contributed by atoms with E-state index < -0.39 is 6.04 Å². The Morgan fingerprint density at radius 3 is 2.88 bits per heavy atom. The maximum Gasteiger partial charge on any atom is 0.328 e. The second-order valence-electron chi connectivity index (χ2n) is 3.83. The number of esters is 1. The SMILES string of the molecule is COC(=O)C(CCSC)N1CC(N)CC1=O. The first kappa shape index (κ1) is 13.3. The van der Waals surface area contributed by atoms with Crippen LogP contribution in [-0.4, -0.2) is 54.5 Å². The van der Waals surface area contributed by atoms with Gasteiger partial charge in [-0.25, -0.2) is 4.79 Å². The number of hydrogen-bond acceptors (Lipinski definition) is 5. The smallest absolute Gasteiger partial charge is 0.328 e. The predicted octanol–water partition coefficient (Wildman–Crippen LogP) is -0.159. The monoisotopic (exact) mass is 246 g/mol. The molecule has 1 amide bonds. The molecule has 1 rings (SSSR count). The Labute approximate surface area is 99.7 Å². The van der Waals surface area contributed by atoms with Crippen molar-refractivity contribution >= 4 is 23.6 Å². The van der Waals surface area contributed by atoms with Crippen molar-refractivity contribution < 1.29 is 14.3 Å². The largest absolute Gasteiger partial charge is 0.467 e. The summed E-state index contributed by atoms with van der Waals surface area (Å²) in [4.78, 5) is 24.8. The molecule has 0 aliphatic carbocycles. The quantitative estimate of drug-likeness (QED) is 0.682. The Hall–Kier alpha value is -0.750. The highest BCUT2D eigenvalue weighted by atomic mass is 32.2. The number of hydrogen-bond donors (Lipinski definition) is 1. The molecule has 1 saturated heterocycles. The van der Waals surface area contributed by atoms with E-state index in [2.05, 4.69) is 0 Å². The lowest BCUT2D eigenvalue weighted by atomic mass is 10.2. The summed E-state index contributed by atoms with van der Waals surface area (Å²) in [5.74, 6) is 0.416. The Bertz CT molecular complexity index is 273. The van der Waals surface area contributed by atoms with Crippen molar-refractivity contribution in [1.29, 1.82) is 0 Å². The lowest BCUT2D eigenvalue weighted by Crippen LogP contribution is -2.44. The Kier molecular flexibility index (Phi) is 5.08. The van der Waals surface area contributed by atoms with E-state index in [1.807, 2.05) is 6.26 Å². The standard InChI is InChI=1S/C10H18N2O3S/c1-15-10(14)8(3-4-16-2)12-6-7(11)5-9(12)13/h7-8H,3-6,11H2,1-2H3. The summed E-state index contributed by atoms with van der Waals surface area (Å²) in [6.07, 6.45) is 2.91. The van der Waals surface area contributed by atoms with Crippen LogP contribution in [0.2, 0.25) is 0 Å². The van der Waals surface area contributed by atoms with Crippen molar-refractivity contribution in [2.75, 3.05) is 25.7 Å². The van der Waals surface area contributed by atoms with Crippen LogP contribution in [0.15, 0.2) is 0 Å². The van der Waals surface area contributed by atoms with E-state index in [4.69, 9.17) is 10.5 Å². The summed E-state index contributed by atoms with van der Waals surface area (Å²) < 4.78 is 4.72. The fraction of sp³-hybridized carbons (Fsp3) is 0.800. The lowest BCUT2D eigenvalue weighted by Gasteiger charge is -2.25. The second kappa shape index (κ2) is 6.10. The van der Waals surface area contributed by atoms with Crippen molar-refractivity contribution in [3.63, 3.8) is 0 Å². The maximum atomic E-state index is 11.6. The van der Waals surface area contributed by atoms with Gasteiger partial charge >= 0.3 is 5.97 Å². The van der Waals surface area contributed by atoms with E-state index >= 15 is 0 Å². The van der Waals surface area contributed by atoms with Gasteiger partial charge in [-0.2, -0.15) is 11.8 Å². The van der Waals surface area contributed by atoms with Crippen LogP contribution in [0.1, 0.15) is 12.8 Å². The molecule has 0 radical (unpaired) electrons. The van der Waals surface area contributed by atoms with Crippen molar-refractivity contribution in [1.82, 2.24) is 4.90 Å². The summed E-state index contributed by atoms with van der Waals surface area (Å²) >= 11 is 1.64. The van der Waals surface area contributed by atoms with Gasteiger partial charge in [0, 0.05) is 19.0 Å². The molecule has 6 heteroatoms. The van der Waals surface area contributed by atoms with Crippen LogP contribution >= 0.6 is 11.8 Å². The first-order valence-electron chi connectivity index (χ1n) is 5.22. The molecular formula is C10H18N2O3S. The maximum absolute atomic E-state index is 11.6. The molecule has 2 N–H and O–H groups in total. The molecule has 1 aliphatic rings. The Morgan fingerprint density at radius 1 is 1.75 bits per heavy atom. The van der Waals surface area contributed by atoms with Crippen molar-refractivity contribution in [2.24, 2.45) is 5.73 Å². The zero-order chi connectivity index (χ0) is 12.1. The molecule has 1 heterocycles. The van der Waals surface area contributed by atoms with Crippen molar-refractivity contribution in [3.8, 4) is 0 Å². The molecular weight excluding hydrogens is 228 g/mol. The van der Waals surface area contributed by atoms with Gasteiger partial charge < -0.3 is 15.4 Å². The average Bonchev–Trinajstić information content (AvgIpc) is 2.58. The van der Waals surface area contributed by atoms with Crippen LogP contribution in [0.25, 0.3) is 0 Å². The number of nitrogens with zero attached hydrogens (tertiary/aromatic N) is 1. The third-order valence-corrected chi connectivity index (χ3v) is 3.28. The summed E-state index contributed by atoms with van der Waals surface area (Å²) in [7, 11) is 1.34. The molecule has 0 spiro atoms. The number of methoxy groups -OCH3 is 1. The molecule has 0 aromatic rings. The third kappa shape index (κ3) is 3.12. The summed E-state index contributed by atoms with van der Waals surface area (Å²) in [5.41, 5.74) is 5.70. The van der Waals surface area contributed by atoms with Crippen LogP contribution in [0.4, 0.5) is 0 Å². The first-order valence-corrected chi connectivity index (χ1v) is 6.61. The van der Waals surface area contributed by atoms with Gasteiger partial charge in [0.05, 0.1) is 7.11 Å². The molecule has 1 fully saturated rings. The van der Waals surface area contributed by atoms with E-state index in [9.17, 15) is 9.59 Å². The minimum Gasteiger partial charge on any atom is -0.467 e. The summed E-state index contributed by atoms with van der Waals surface area (Å²) in [6.45, 7) is 0.451. The Morgan fingerprint density at radius 2 is 2.44 bits per heavy atom. The minimum absolute atomic E-state index is 0.0518. The van der Waals surface area contributed by atoms with Gasteiger partial charge in [-0.3, -0.25) is 4.79 Å². The molecule has 1 aliphatic heterocycles. The van der Waals surface area contributed by atoms with Gasteiger partial charge in [-0.15, -0.1) is 0 Å². The summed E-state index contributed by atoms with van der Waals surface area (Å²) in [6, 6.07) is -0.632. The number of carbonyl (C=O) groups excluding carboxylic acids is 2. The normalized spacial score (nSPS) is 22.3. The molecule has 0 saturated carbocycles. The number of rotatable bonds is 5. The average molecular weight is 246 g/mol. The highest BCUT2D eigenvalue weighted by Gasteiger charge is 2.36. The number of likely N-dealkylation sites (tertiary alicyclic amines) is 1. The van der Waals surface area contributed by atoms with E-state index in [-0.39, 0.29) is 17.9 Å². The van der Waals surface area contributed by atoms with Crippen LogP contribution in [-0.2, 0) is 14.3 Å². The van der Waals surface area contributed by atoms with Crippen LogP contribution in [0.5, 0.6) is 0 Å². The highest BCUT2D eigenvalue weighted by molar-refractivity contribution is 7.98. The zero-order valence-corrected chi connectivity index (χ0v) is 10.5. The number of thioether (sulfide) groups is 1. The van der Waals surface area contributed by atoms with Gasteiger partial charge in [-0.05, 0) is 18.4 Å². The van der Waals surface area contributed by atoms with Gasteiger partial charge in [0.1, 0.15) is 6.04 Å². The third-order valence-electron chi connectivity index (χ3n) is 2.63. The molecule has 2 unspecified atom stereocenters. The van der Waals surface area contributed by atoms with Crippen LogP contribution in [0.3, 0.4) is 0 Å². The zero-order valence-electron chi connectivity index (χ0n) is 9.64. The highest BCUT2D eigenvalue weighted by Crippen LogP contribution is 2.17. The van der Waals surface area contributed by atoms with Crippen LogP contribution < -0.4 is 5.73 Å². The summed E-state index contributed by atoms with van der Waals surface area (Å²) in [5, 5.41) is 0. The fourth-order valence-corrected chi connectivity index (χ4v) is 2.29. The van der Waals surface area contributed by atoms with E-state index in [1.54, 1.807) is 16.7 Å². The number of nitrogens with two attached hydrogens (primary N) is 1. The molecule has 2 atom stereocenters. The molecule has 0 aromatic carbocycles. The fourth-order valence-electron chi connectivity index (χ4n) is 1.83. The second-order valence-corrected chi connectivity index (χ2v) is 4.82. The number of carbonyl (C=O) groups is 2. The van der Waals surface area contributed by atoms with Crippen molar-refractivity contribution in [2.45, 2.75) is 24.9 Å².